The average molecular weight is 456 g/mol. The van der Waals surface area contributed by atoms with Crippen LogP contribution in [0.4, 0.5) is 5.69 Å². The van der Waals surface area contributed by atoms with Gasteiger partial charge in [-0.05, 0) is 55.0 Å². The zero-order valence-corrected chi connectivity index (χ0v) is 19.5. The number of fused-ring (bicyclic) bond motifs is 1. The molecule has 0 heterocycles. The number of hydrogen-bond acceptors (Lipinski definition) is 4. The van der Waals surface area contributed by atoms with Gasteiger partial charge in [-0.1, -0.05) is 78.1 Å². The Kier molecular flexibility index (Phi) is 6.67. The number of anilines is 1. The number of rotatable bonds is 6. The second kappa shape index (κ2) is 9.81. The summed E-state index contributed by atoms with van der Waals surface area (Å²) >= 11 is 0. The van der Waals surface area contributed by atoms with E-state index in [9.17, 15) is 8.42 Å². The summed E-state index contributed by atoms with van der Waals surface area (Å²) in [5.41, 5.74) is 2.63. The van der Waals surface area contributed by atoms with E-state index < -0.39 is 10.1 Å². The van der Waals surface area contributed by atoms with E-state index in [1.165, 1.54) is 0 Å². The van der Waals surface area contributed by atoms with E-state index in [0.717, 1.165) is 21.9 Å². The molecule has 0 amide bonds. The van der Waals surface area contributed by atoms with E-state index in [1.807, 2.05) is 55.1 Å². The first-order valence-electron chi connectivity index (χ1n) is 10.8. The monoisotopic (exact) mass is 455 g/mol. The molecule has 0 bridgehead atoms. The Labute approximate surface area is 195 Å². The van der Waals surface area contributed by atoms with Crippen LogP contribution in [0.1, 0.15) is 18.1 Å². The number of nitrogens with zero attached hydrogens (tertiary/aromatic N) is 1. The predicted molar refractivity (Wildman–Crippen MR) is 134 cm³/mol. The van der Waals surface area contributed by atoms with Crippen LogP contribution in [0, 0.1) is 18.8 Å². The van der Waals surface area contributed by atoms with Crippen LogP contribution in [-0.4, -0.2) is 21.5 Å². The highest BCUT2D eigenvalue weighted by Gasteiger charge is 2.20. The average Bonchev–Trinajstić information content (AvgIpc) is 2.83. The SMILES string of the molecule is CCN(CC#Cc1cccc2ccccc12)c1ccccc1OS(=O)(=O)c1ccc(C)cc1. The van der Waals surface area contributed by atoms with Gasteiger partial charge in [-0.3, -0.25) is 0 Å². The van der Waals surface area contributed by atoms with Crippen molar-refractivity contribution < 1.29 is 12.6 Å². The molecule has 0 radical (unpaired) electrons. The van der Waals surface area contributed by atoms with Gasteiger partial charge in [0.15, 0.2) is 5.75 Å². The molecule has 0 spiro atoms. The zero-order valence-electron chi connectivity index (χ0n) is 18.7. The first kappa shape index (κ1) is 22.4. The van der Waals surface area contributed by atoms with Crippen molar-refractivity contribution in [1.82, 2.24) is 0 Å². The van der Waals surface area contributed by atoms with Crippen molar-refractivity contribution in [2.75, 3.05) is 18.0 Å². The minimum Gasteiger partial charge on any atom is -0.377 e. The first-order chi connectivity index (χ1) is 16.0. The molecule has 0 aromatic heterocycles. The van der Waals surface area contributed by atoms with Crippen LogP contribution in [0.15, 0.2) is 95.9 Å². The third-order valence-electron chi connectivity index (χ3n) is 5.38. The Hall–Kier alpha value is -3.75. The Morgan fingerprint density at radius 1 is 0.848 bits per heavy atom. The lowest BCUT2D eigenvalue weighted by atomic mass is 10.1. The molecule has 5 heteroatoms. The first-order valence-corrected chi connectivity index (χ1v) is 12.2. The Morgan fingerprint density at radius 2 is 1.55 bits per heavy atom. The van der Waals surface area contributed by atoms with Crippen LogP contribution >= 0.6 is 0 Å². The summed E-state index contributed by atoms with van der Waals surface area (Å²) in [5.74, 6) is 6.80. The maximum atomic E-state index is 12.8. The molecular weight excluding hydrogens is 430 g/mol. The van der Waals surface area contributed by atoms with Crippen molar-refractivity contribution in [3.05, 3.63) is 102 Å². The predicted octanol–water partition coefficient (Wildman–Crippen LogP) is 5.79. The fourth-order valence-corrected chi connectivity index (χ4v) is 4.54. The number of benzene rings is 4. The van der Waals surface area contributed by atoms with Gasteiger partial charge >= 0.3 is 10.1 Å². The minimum atomic E-state index is -3.94. The second-order valence-electron chi connectivity index (χ2n) is 7.66. The van der Waals surface area contributed by atoms with Crippen molar-refractivity contribution in [3.63, 3.8) is 0 Å². The van der Waals surface area contributed by atoms with Gasteiger partial charge in [0.1, 0.15) is 4.90 Å². The van der Waals surface area contributed by atoms with Crippen LogP contribution in [-0.2, 0) is 10.1 Å². The molecule has 166 valence electrons. The number of hydrogen-bond donors (Lipinski definition) is 0. The van der Waals surface area contributed by atoms with E-state index in [0.29, 0.717) is 18.8 Å². The highest BCUT2D eigenvalue weighted by Crippen LogP contribution is 2.30. The van der Waals surface area contributed by atoms with Gasteiger partial charge in [-0.2, -0.15) is 8.42 Å². The van der Waals surface area contributed by atoms with E-state index in [2.05, 4.69) is 30.0 Å². The van der Waals surface area contributed by atoms with Crippen molar-refractivity contribution in [2.45, 2.75) is 18.7 Å². The van der Waals surface area contributed by atoms with Gasteiger partial charge in [0.2, 0.25) is 0 Å². The van der Waals surface area contributed by atoms with E-state index in [1.54, 1.807) is 36.4 Å². The van der Waals surface area contributed by atoms with Gasteiger partial charge in [0.25, 0.3) is 0 Å². The second-order valence-corrected chi connectivity index (χ2v) is 9.21. The topological polar surface area (TPSA) is 46.6 Å². The lowest BCUT2D eigenvalue weighted by Gasteiger charge is -2.23. The van der Waals surface area contributed by atoms with Crippen molar-refractivity contribution >= 4 is 26.6 Å². The van der Waals surface area contributed by atoms with E-state index in [4.69, 9.17) is 4.18 Å². The summed E-state index contributed by atoms with van der Waals surface area (Å²) < 4.78 is 31.2. The lowest BCUT2D eigenvalue weighted by Crippen LogP contribution is -2.24. The molecule has 4 rings (SSSR count). The largest absolute Gasteiger partial charge is 0.377 e. The molecule has 0 fully saturated rings. The summed E-state index contributed by atoms with van der Waals surface area (Å²) in [5, 5.41) is 2.26. The molecule has 0 unspecified atom stereocenters. The van der Waals surface area contributed by atoms with Crippen LogP contribution in [0.25, 0.3) is 10.8 Å². The maximum absolute atomic E-state index is 12.8. The third-order valence-corrected chi connectivity index (χ3v) is 6.63. The van der Waals surface area contributed by atoms with Gasteiger partial charge < -0.3 is 9.08 Å². The molecular formula is C28H25NO3S. The summed E-state index contributed by atoms with van der Waals surface area (Å²) in [7, 11) is -3.94. The van der Waals surface area contributed by atoms with Gasteiger partial charge in [-0.15, -0.1) is 0 Å². The quantitative estimate of drug-likeness (QED) is 0.273. The van der Waals surface area contributed by atoms with Crippen molar-refractivity contribution in [2.24, 2.45) is 0 Å². The molecule has 4 aromatic rings. The highest BCUT2D eigenvalue weighted by atomic mass is 32.2. The molecule has 33 heavy (non-hydrogen) atoms. The van der Waals surface area contributed by atoms with Crippen LogP contribution < -0.4 is 9.08 Å². The van der Waals surface area contributed by atoms with Crippen LogP contribution in [0.5, 0.6) is 5.75 Å². The molecule has 0 aliphatic carbocycles. The highest BCUT2D eigenvalue weighted by molar-refractivity contribution is 7.87. The van der Waals surface area contributed by atoms with Gasteiger partial charge in [0, 0.05) is 12.1 Å². The van der Waals surface area contributed by atoms with Gasteiger partial charge in [0.05, 0.1) is 12.2 Å². The number of para-hydroxylation sites is 2. The van der Waals surface area contributed by atoms with Crippen molar-refractivity contribution in [3.8, 4) is 17.6 Å². The molecule has 4 nitrogen and oxygen atoms in total. The summed E-state index contributed by atoms with van der Waals surface area (Å²) in [6.07, 6.45) is 0. The normalized spacial score (nSPS) is 11.0. The summed E-state index contributed by atoms with van der Waals surface area (Å²) in [6, 6.07) is 28.0. The third kappa shape index (κ3) is 5.19. The fourth-order valence-electron chi connectivity index (χ4n) is 3.59. The summed E-state index contributed by atoms with van der Waals surface area (Å²) in [4.78, 5) is 2.12. The molecule has 0 saturated heterocycles. The molecule has 0 aliphatic heterocycles. The maximum Gasteiger partial charge on any atom is 0.339 e. The van der Waals surface area contributed by atoms with Crippen LogP contribution in [0.2, 0.25) is 0 Å². The number of aryl methyl sites for hydroxylation is 1. The summed E-state index contributed by atoms with van der Waals surface area (Å²) in [6.45, 7) is 5.00. The van der Waals surface area contributed by atoms with E-state index >= 15 is 0 Å². The molecule has 4 aromatic carbocycles. The van der Waals surface area contributed by atoms with Gasteiger partial charge in [-0.25, -0.2) is 0 Å². The zero-order chi connectivity index (χ0) is 23.3. The van der Waals surface area contributed by atoms with Crippen molar-refractivity contribution in [1.29, 1.82) is 0 Å². The molecule has 0 saturated carbocycles. The lowest BCUT2D eigenvalue weighted by molar-refractivity contribution is 0.485. The molecule has 0 atom stereocenters. The molecule has 0 N–H and O–H groups in total. The fraction of sp³-hybridized carbons (Fsp3) is 0.143. The van der Waals surface area contributed by atoms with Crippen LogP contribution in [0.3, 0.4) is 0 Å². The smallest absolute Gasteiger partial charge is 0.339 e. The minimum absolute atomic E-state index is 0.127. The van der Waals surface area contributed by atoms with E-state index in [-0.39, 0.29) is 10.6 Å². The molecule has 0 aliphatic rings. The standard InChI is InChI=1S/C28H25NO3S/c1-3-29(21-9-13-24-12-8-11-23-10-4-5-14-26(23)24)27-15-6-7-16-28(27)32-33(30,31)25-19-17-22(2)18-20-25/h4-8,10-12,14-20H,3,21H2,1-2H3. The Morgan fingerprint density at radius 3 is 2.33 bits per heavy atom. The Balaban J connectivity index is 1.59. The Bertz CT molecular complexity index is 1430.